The summed E-state index contributed by atoms with van der Waals surface area (Å²) in [4.78, 5) is 2.54. The summed E-state index contributed by atoms with van der Waals surface area (Å²) in [7, 11) is 0. The smallest absolute Gasteiger partial charge is 0.119 e. The quantitative estimate of drug-likeness (QED) is 0.694. The summed E-state index contributed by atoms with van der Waals surface area (Å²) in [5, 5.41) is 0. The number of likely N-dealkylation sites (tertiary alicyclic amines) is 1. The van der Waals surface area contributed by atoms with E-state index in [0.29, 0.717) is 0 Å². The van der Waals surface area contributed by atoms with Crippen LogP contribution in [0.2, 0.25) is 0 Å². The molecule has 0 aromatic heterocycles. The second-order valence-electron chi connectivity index (χ2n) is 5.39. The molecule has 0 atom stereocenters. The van der Waals surface area contributed by atoms with Crippen molar-refractivity contribution in [1.82, 2.24) is 4.90 Å². The van der Waals surface area contributed by atoms with Gasteiger partial charge in [-0.05, 0) is 68.5 Å². The van der Waals surface area contributed by atoms with Gasteiger partial charge in [0.1, 0.15) is 5.75 Å². The van der Waals surface area contributed by atoms with Gasteiger partial charge >= 0.3 is 0 Å². The molecule has 0 spiro atoms. The molecular formula is C17H27NO. The number of rotatable bonds is 7. The Kier molecular flexibility index (Phi) is 5.71. The van der Waals surface area contributed by atoms with Gasteiger partial charge in [-0.1, -0.05) is 19.9 Å². The third-order valence-corrected chi connectivity index (χ3v) is 4.03. The standard InChI is InChI=1S/C17H27NO/c1-3-15-8-9-17(14-16(15)4-2)19-13-7-12-18-10-5-6-11-18/h8-9,14H,3-7,10-13H2,1-2H3. The van der Waals surface area contributed by atoms with Gasteiger partial charge < -0.3 is 9.64 Å². The van der Waals surface area contributed by atoms with Crippen molar-refractivity contribution in [2.75, 3.05) is 26.2 Å². The summed E-state index contributed by atoms with van der Waals surface area (Å²) >= 11 is 0. The number of hydrogen-bond donors (Lipinski definition) is 0. The van der Waals surface area contributed by atoms with Crippen molar-refractivity contribution in [3.05, 3.63) is 29.3 Å². The molecule has 1 heterocycles. The van der Waals surface area contributed by atoms with E-state index in [1.165, 1.54) is 43.6 Å². The lowest BCUT2D eigenvalue weighted by atomic mass is 10.0. The Bertz CT molecular complexity index is 383. The number of nitrogens with zero attached hydrogens (tertiary/aromatic N) is 1. The van der Waals surface area contributed by atoms with Crippen LogP contribution in [0, 0.1) is 0 Å². The van der Waals surface area contributed by atoms with Gasteiger partial charge in [0.15, 0.2) is 0 Å². The van der Waals surface area contributed by atoms with E-state index in [1.807, 2.05) is 0 Å². The Hall–Kier alpha value is -1.02. The zero-order valence-electron chi connectivity index (χ0n) is 12.5. The molecule has 1 aromatic rings. The predicted molar refractivity (Wildman–Crippen MR) is 81.0 cm³/mol. The molecule has 1 aliphatic heterocycles. The van der Waals surface area contributed by atoms with Gasteiger partial charge in [0.05, 0.1) is 6.61 Å². The normalized spacial score (nSPS) is 15.9. The lowest BCUT2D eigenvalue weighted by molar-refractivity contribution is 0.263. The minimum absolute atomic E-state index is 0.838. The van der Waals surface area contributed by atoms with Crippen LogP contribution in [0.4, 0.5) is 0 Å². The van der Waals surface area contributed by atoms with Gasteiger partial charge in [0, 0.05) is 6.54 Å². The molecule has 2 nitrogen and oxygen atoms in total. The molecule has 0 bridgehead atoms. The van der Waals surface area contributed by atoms with Crippen LogP contribution in [0.5, 0.6) is 5.75 Å². The van der Waals surface area contributed by atoms with Crippen molar-refractivity contribution >= 4 is 0 Å². The summed E-state index contributed by atoms with van der Waals surface area (Å²) in [6.07, 6.45) is 6.09. The van der Waals surface area contributed by atoms with Crippen molar-refractivity contribution in [2.24, 2.45) is 0 Å². The fourth-order valence-electron chi connectivity index (χ4n) is 2.85. The van der Waals surface area contributed by atoms with E-state index in [9.17, 15) is 0 Å². The molecule has 1 aromatic carbocycles. The van der Waals surface area contributed by atoms with Gasteiger partial charge in [-0.15, -0.1) is 0 Å². The van der Waals surface area contributed by atoms with Crippen molar-refractivity contribution < 1.29 is 4.74 Å². The average Bonchev–Trinajstić information content (AvgIpc) is 2.96. The van der Waals surface area contributed by atoms with E-state index in [0.717, 1.165) is 31.6 Å². The van der Waals surface area contributed by atoms with E-state index in [2.05, 4.69) is 36.9 Å². The van der Waals surface area contributed by atoms with Crippen LogP contribution in [-0.2, 0) is 12.8 Å². The van der Waals surface area contributed by atoms with E-state index >= 15 is 0 Å². The lowest BCUT2D eigenvalue weighted by Gasteiger charge is -2.15. The van der Waals surface area contributed by atoms with Crippen molar-refractivity contribution in [1.29, 1.82) is 0 Å². The molecule has 0 radical (unpaired) electrons. The molecule has 0 amide bonds. The predicted octanol–water partition coefficient (Wildman–Crippen LogP) is 3.68. The molecule has 0 aliphatic carbocycles. The minimum atomic E-state index is 0.838. The summed E-state index contributed by atoms with van der Waals surface area (Å²) in [5.41, 5.74) is 2.88. The zero-order chi connectivity index (χ0) is 13.5. The Balaban J connectivity index is 1.75. The molecule has 2 rings (SSSR count). The Morgan fingerprint density at radius 1 is 1.05 bits per heavy atom. The first kappa shape index (κ1) is 14.4. The van der Waals surface area contributed by atoms with Crippen molar-refractivity contribution in [3.8, 4) is 5.75 Å². The minimum Gasteiger partial charge on any atom is -0.494 e. The summed E-state index contributed by atoms with van der Waals surface area (Å²) in [6.45, 7) is 9.02. The second-order valence-corrected chi connectivity index (χ2v) is 5.39. The highest BCUT2D eigenvalue weighted by molar-refractivity contribution is 5.35. The van der Waals surface area contributed by atoms with Crippen LogP contribution in [0.3, 0.4) is 0 Å². The fourth-order valence-corrected chi connectivity index (χ4v) is 2.85. The highest BCUT2D eigenvalue weighted by Gasteiger charge is 2.10. The van der Waals surface area contributed by atoms with Crippen LogP contribution in [0.25, 0.3) is 0 Å². The van der Waals surface area contributed by atoms with E-state index < -0.39 is 0 Å². The van der Waals surface area contributed by atoms with Gasteiger partial charge in [-0.3, -0.25) is 0 Å². The number of benzene rings is 1. The molecule has 0 N–H and O–H groups in total. The topological polar surface area (TPSA) is 12.5 Å². The van der Waals surface area contributed by atoms with E-state index in [-0.39, 0.29) is 0 Å². The van der Waals surface area contributed by atoms with Crippen LogP contribution in [0.15, 0.2) is 18.2 Å². The van der Waals surface area contributed by atoms with Crippen LogP contribution in [-0.4, -0.2) is 31.1 Å². The van der Waals surface area contributed by atoms with Crippen LogP contribution >= 0.6 is 0 Å². The Labute approximate surface area is 117 Å². The molecule has 19 heavy (non-hydrogen) atoms. The molecule has 0 unspecified atom stereocenters. The van der Waals surface area contributed by atoms with Gasteiger partial charge in [-0.2, -0.15) is 0 Å². The second kappa shape index (κ2) is 7.54. The largest absolute Gasteiger partial charge is 0.494 e. The molecule has 1 fully saturated rings. The number of ether oxygens (including phenoxy) is 1. The summed E-state index contributed by atoms with van der Waals surface area (Å²) in [6, 6.07) is 6.55. The van der Waals surface area contributed by atoms with E-state index in [4.69, 9.17) is 4.74 Å². The first-order valence-corrected chi connectivity index (χ1v) is 7.80. The van der Waals surface area contributed by atoms with Crippen LogP contribution < -0.4 is 4.74 Å². The molecule has 2 heteroatoms. The third-order valence-electron chi connectivity index (χ3n) is 4.03. The van der Waals surface area contributed by atoms with Gasteiger partial charge in [-0.25, -0.2) is 0 Å². The highest BCUT2D eigenvalue weighted by atomic mass is 16.5. The molecule has 106 valence electrons. The first-order valence-electron chi connectivity index (χ1n) is 7.80. The number of aryl methyl sites for hydroxylation is 2. The molecule has 0 saturated carbocycles. The molecule has 1 saturated heterocycles. The van der Waals surface area contributed by atoms with E-state index in [1.54, 1.807) is 0 Å². The van der Waals surface area contributed by atoms with Gasteiger partial charge in [0.25, 0.3) is 0 Å². The maximum absolute atomic E-state index is 5.88. The maximum atomic E-state index is 5.88. The SMILES string of the molecule is CCc1ccc(OCCCN2CCCC2)cc1CC. The third kappa shape index (κ3) is 4.24. The lowest BCUT2D eigenvalue weighted by Crippen LogP contribution is -2.21. The highest BCUT2D eigenvalue weighted by Crippen LogP contribution is 2.19. The average molecular weight is 261 g/mol. The summed E-state index contributed by atoms with van der Waals surface area (Å²) in [5.74, 6) is 1.04. The Morgan fingerprint density at radius 2 is 1.79 bits per heavy atom. The van der Waals surface area contributed by atoms with Crippen molar-refractivity contribution in [3.63, 3.8) is 0 Å². The molecular weight excluding hydrogens is 234 g/mol. The first-order chi connectivity index (χ1) is 9.33. The van der Waals surface area contributed by atoms with Crippen molar-refractivity contribution in [2.45, 2.75) is 46.0 Å². The zero-order valence-corrected chi connectivity index (χ0v) is 12.5. The Morgan fingerprint density at radius 3 is 2.47 bits per heavy atom. The maximum Gasteiger partial charge on any atom is 0.119 e. The monoisotopic (exact) mass is 261 g/mol. The number of hydrogen-bond acceptors (Lipinski definition) is 2. The fraction of sp³-hybridized carbons (Fsp3) is 0.647. The summed E-state index contributed by atoms with van der Waals surface area (Å²) < 4.78 is 5.88. The molecule has 1 aliphatic rings. The van der Waals surface area contributed by atoms with Crippen LogP contribution in [0.1, 0.15) is 44.2 Å². The van der Waals surface area contributed by atoms with Gasteiger partial charge in [0.2, 0.25) is 0 Å².